The molecular formula is C8H17N3O2. The van der Waals surface area contributed by atoms with Crippen LogP contribution in [0.3, 0.4) is 0 Å². The van der Waals surface area contributed by atoms with Crippen LogP contribution in [0.4, 0.5) is 4.79 Å². The van der Waals surface area contributed by atoms with Crippen molar-refractivity contribution in [2.45, 2.75) is 26.4 Å². The monoisotopic (exact) mass is 187 g/mol. The molecule has 1 rings (SSSR count). The summed E-state index contributed by atoms with van der Waals surface area (Å²) in [5.74, 6) is 0. The fraction of sp³-hybridized carbons (Fsp3) is 0.875. The summed E-state index contributed by atoms with van der Waals surface area (Å²) in [6.07, 6.45) is -0.392. The van der Waals surface area contributed by atoms with Gasteiger partial charge >= 0.3 is 6.09 Å². The highest BCUT2D eigenvalue weighted by atomic mass is 16.6. The van der Waals surface area contributed by atoms with Crippen molar-refractivity contribution in [2.24, 2.45) is 0 Å². The Balaban J connectivity index is 2.24. The first-order chi connectivity index (χ1) is 5.97. The number of nitrogens with zero attached hydrogens (tertiary/aromatic N) is 1. The molecule has 0 saturated carbocycles. The summed E-state index contributed by atoms with van der Waals surface area (Å²) in [5, 5.41) is 4.88. The van der Waals surface area contributed by atoms with Crippen LogP contribution in [0.25, 0.3) is 0 Å². The fourth-order valence-corrected chi connectivity index (χ4v) is 1.03. The standard InChI is InChI=1S/C8H17N3O2/c1-8(2,3)13-7(12)10-11-5-4-9-6-11/h9H,4-6H2,1-3H3,(H,10,12). The maximum atomic E-state index is 11.2. The third-order valence-electron chi connectivity index (χ3n) is 1.51. The molecule has 0 atom stereocenters. The lowest BCUT2D eigenvalue weighted by Crippen LogP contribution is -2.43. The number of hydrogen-bond donors (Lipinski definition) is 2. The first-order valence-electron chi connectivity index (χ1n) is 4.43. The topological polar surface area (TPSA) is 53.6 Å². The van der Waals surface area contributed by atoms with Crippen LogP contribution in [0, 0.1) is 0 Å². The van der Waals surface area contributed by atoms with Crippen LogP contribution in [-0.4, -0.2) is 36.5 Å². The van der Waals surface area contributed by atoms with Crippen molar-refractivity contribution in [1.29, 1.82) is 0 Å². The van der Waals surface area contributed by atoms with Crippen LogP contribution >= 0.6 is 0 Å². The molecule has 1 fully saturated rings. The van der Waals surface area contributed by atoms with E-state index in [9.17, 15) is 4.79 Å². The maximum absolute atomic E-state index is 11.2. The Morgan fingerprint density at radius 3 is 2.69 bits per heavy atom. The SMILES string of the molecule is CC(C)(C)OC(=O)NN1CCNC1. The second-order valence-electron chi connectivity index (χ2n) is 4.04. The average Bonchev–Trinajstić information content (AvgIpc) is 2.34. The number of hydrogen-bond acceptors (Lipinski definition) is 4. The van der Waals surface area contributed by atoms with Gasteiger partial charge in [0.25, 0.3) is 0 Å². The molecule has 1 saturated heterocycles. The fourth-order valence-electron chi connectivity index (χ4n) is 1.03. The van der Waals surface area contributed by atoms with Gasteiger partial charge in [-0.05, 0) is 20.8 Å². The average molecular weight is 187 g/mol. The molecule has 0 aromatic rings. The molecule has 76 valence electrons. The van der Waals surface area contributed by atoms with Crippen molar-refractivity contribution in [3.8, 4) is 0 Å². The van der Waals surface area contributed by atoms with Crippen molar-refractivity contribution in [1.82, 2.24) is 15.8 Å². The third-order valence-corrected chi connectivity index (χ3v) is 1.51. The molecule has 1 aliphatic heterocycles. The highest BCUT2D eigenvalue weighted by Crippen LogP contribution is 2.06. The Hall–Kier alpha value is -0.810. The van der Waals surface area contributed by atoms with Crippen LogP contribution in [0.15, 0.2) is 0 Å². The molecular weight excluding hydrogens is 170 g/mol. The van der Waals surface area contributed by atoms with E-state index in [1.807, 2.05) is 20.8 Å². The van der Waals surface area contributed by atoms with Gasteiger partial charge in [0.05, 0.1) is 6.67 Å². The first-order valence-corrected chi connectivity index (χ1v) is 4.43. The molecule has 0 bridgehead atoms. The van der Waals surface area contributed by atoms with Crippen LogP contribution in [0.5, 0.6) is 0 Å². The second-order valence-corrected chi connectivity index (χ2v) is 4.04. The minimum atomic E-state index is -0.433. The molecule has 0 aliphatic carbocycles. The zero-order valence-electron chi connectivity index (χ0n) is 8.39. The Kier molecular flexibility index (Phi) is 3.11. The van der Waals surface area contributed by atoms with Gasteiger partial charge in [-0.3, -0.25) is 5.43 Å². The number of carbonyl (C=O) groups is 1. The van der Waals surface area contributed by atoms with Crippen molar-refractivity contribution < 1.29 is 9.53 Å². The van der Waals surface area contributed by atoms with E-state index >= 15 is 0 Å². The summed E-state index contributed by atoms with van der Waals surface area (Å²) < 4.78 is 5.08. The molecule has 1 heterocycles. The van der Waals surface area contributed by atoms with Gasteiger partial charge in [-0.15, -0.1) is 0 Å². The summed E-state index contributed by atoms with van der Waals surface area (Å²) in [6.45, 7) is 7.92. The molecule has 1 aliphatic rings. The van der Waals surface area contributed by atoms with Crippen LogP contribution in [0.2, 0.25) is 0 Å². The predicted molar refractivity (Wildman–Crippen MR) is 48.9 cm³/mol. The zero-order valence-corrected chi connectivity index (χ0v) is 8.39. The Morgan fingerprint density at radius 2 is 2.23 bits per heavy atom. The molecule has 1 amide bonds. The smallest absolute Gasteiger partial charge is 0.422 e. The van der Waals surface area contributed by atoms with E-state index in [0.717, 1.165) is 13.1 Å². The van der Waals surface area contributed by atoms with E-state index in [1.165, 1.54) is 0 Å². The minimum Gasteiger partial charge on any atom is -0.443 e. The molecule has 0 radical (unpaired) electrons. The molecule has 0 unspecified atom stereocenters. The lowest BCUT2D eigenvalue weighted by Gasteiger charge is -2.22. The van der Waals surface area contributed by atoms with E-state index in [1.54, 1.807) is 5.01 Å². The Labute approximate surface area is 78.4 Å². The zero-order chi connectivity index (χ0) is 9.90. The van der Waals surface area contributed by atoms with E-state index in [-0.39, 0.29) is 0 Å². The Bertz CT molecular complexity index is 182. The number of hydrazine groups is 1. The van der Waals surface area contributed by atoms with Crippen molar-refractivity contribution in [3.63, 3.8) is 0 Å². The number of amides is 1. The molecule has 0 aromatic carbocycles. The van der Waals surface area contributed by atoms with Crippen LogP contribution in [-0.2, 0) is 4.74 Å². The van der Waals surface area contributed by atoms with E-state index < -0.39 is 11.7 Å². The highest BCUT2D eigenvalue weighted by molar-refractivity contribution is 5.67. The van der Waals surface area contributed by atoms with Gasteiger partial charge in [-0.2, -0.15) is 0 Å². The highest BCUT2D eigenvalue weighted by Gasteiger charge is 2.19. The van der Waals surface area contributed by atoms with Gasteiger partial charge in [-0.25, -0.2) is 9.80 Å². The minimum absolute atomic E-state index is 0.392. The number of nitrogens with one attached hydrogen (secondary N) is 2. The molecule has 2 N–H and O–H groups in total. The molecule has 0 spiro atoms. The Morgan fingerprint density at radius 1 is 1.54 bits per heavy atom. The first kappa shape index (κ1) is 10.3. The molecule has 5 heteroatoms. The van der Waals surface area contributed by atoms with Gasteiger partial charge in [0, 0.05) is 13.1 Å². The van der Waals surface area contributed by atoms with Gasteiger partial charge in [0.2, 0.25) is 0 Å². The van der Waals surface area contributed by atoms with Gasteiger partial charge in [0.15, 0.2) is 0 Å². The van der Waals surface area contributed by atoms with Gasteiger partial charge in [0.1, 0.15) is 5.60 Å². The molecule has 0 aromatic heterocycles. The summed E-state index contributed by atoms with van der Waals surface area (Å²) in [5.41, 5.74) is 2.21. The normalized spacial score (nSPS) is 18.7. The molecule has 5 nitrogen and oxygen atoms in total. The maximum Gasteiger partial charge on any atom is 0.422 e. The lowest BCUT2D eigenvalue weighted by atomic mass is 10.2. The van der Waals surface area contributed by atoms with Gasteiger partial charge < -0.3 is 10.1 Å². The van der Waals surface area contributed by atoms with Gasteiger partial charge in [-0.1, -0.05) is 0 Å². The lowest BCUT2D eigenvalue weighted by molar-refractivity contribution is 0.0364. The third kappa shape index (κ3) is 4.10. The molecule has 13 heavy (non-hydrogen) atoms. The largest absolute Gasteiger partial charge is 0.443 e. The van der Waals surface area contributed by atoms with E-state index in [4.69, 9.17) is 4.74 Å². The van der Waals surface area contributed by atoms with Crippen LogP contribution < -0.4 is 10.7 Å². The number of rotatable bonds is 1. The van der Waals surface area contributed by atoms with E-state index in [2.05, 4.69) is 10.7 Å². The predicted octanol–water partition coefficient (Wildman–Crippen LogP) is 0.289. The number of ether oxygens (including phenoxy) is 1. The van der Waals surface area contributed by atoms with Crippen molar-refractivity contribution >= 4 is 6.09 Å². The quantitative estimate of drug-likeness (QED) is 0.619. The summed E-state index contributed by atoms with van der Waals surface area (Å²) >= 11 is 0. The summed E-state index contributed by atoms with van der Waals surface area (Å²) in [6, 6.07) is 0. The summed E-state index contributed by atoms with van der Waals surface area (Å²) in [7, 11) is 0. The van der Waals surface area contributed by atoms with Crippen LogP contribution in [0.1, 0.15) is 20.8 Å². The number of carbonyl (C=O) groups excluding carboxylic acids is 1. The van der Waals surface area contributed by atoms with E-state index in [0.29, 0.717) is 6.67 Å². The van der Waals surface area contributed by atoms with Crippen molar-refractivity contribution in [3.05, 3.63) is 0 Å². The second kappa shape index (κ2) is 3.93. The summed E-state index contributed by atoms with van der Waals surface area (Å²) in [4.78, 5) is 11.2. The van der Waals surface area contributed by atoms with Crippen molar-refractivity contribution in [2.75, 3.05) is 19.8 Å².